The molecule has 0 radical (unpaired) electrons. The molecular formula is C21H21ClF3N3O3. The number of aromatic nitrogens is 1. The minimum absolute atomic E-state index is 0.0129. The zero-order valence-corrected chi connectivity index (χ0v) is 18.1. The van der Waals surface area contributed by atoms with E-state index < -0.39 is 40.4 Å². The van der Waals surface area contributed by atoms with Crippen molar-refractivity contribution in [2.24, 2.45) is 7.05 Å². The van der Waals surface area contributed by atoms with Gasteiger partial charge >= 0.3 is 0 Å². The number of carbonyl (C=O) groups is 3. The van der Waals surface area contributed by atoms with E-state index in [0.29, 0.717) is 0 Å². The molecule has 1 aromatic carbocycles. The second-order valence-corrected chi connectivity index (χ2v) is 8.75. The van der Waals surface area contributed by atoms with E-state index in [0.717, 1.165) is 12.1 Å². The fourth-order valence-electron chi connectivity index (χ4n) is 4.15. The summed E-state index contributed by atoms with van der Waals surface area (Å²) < 4.78 is 41.6. The molecule has 31 heavy (non-hydrogen) atoms. The molecule has 10 heteroatoms. The zero-order valence-electron chi connectivity index (χ0n) is 17.3. The third-order valence-electron chi connectivity index (χ3n) is 5.39. The van der Waals surface area contributed by atoms with Crippen molar-refractivity contribution in [2.45, 2.75) is 44.8 Å². The molecule has 2 amide bonds. The van der Waals surface area contributed by atoms with Gasteiger partial charge in [0.05, 0.1) is 10.6 Å². The number of anilines is 1. The summed E-state index contributed by atoms with van der Waals surface area (Å²) in [6.45, 7) is 4.57. The second-order valence-electron chi connectivity index (χ2n) is 8.38. The molecule has 6 nitrogen and oxygen atoms in total. The van der Waals surface area contributed by atoms with Crippen LogP contribution in [0.1, 0.15) is 53.2 Å². The summed E-state index contributed by atoms with van der Waals surface area (Å²) in [6, 6.07) is 2.82. The first-order valence-electron chi connectivity index (χ1n) is 9.41. The Morgan fingerprint density at radius 1 is 1.13 bits per heavy atom. The van der Waals surface area contributed by atoms with E-state index in [9.17, 15) is 27.6 Å². The Balaban J connectivity index is 1.84. The summed E-state index contributed by atoms with van der Waals surface area (Å²) >= 11 is 6.28. The molecule has 0 unspecified atom stereocenters. The predicted molar refractivity (Wildman–Crippen MR) is 109 cm³/mol. The lowest BCUT2D eigenvalue weighted by Gasteiger charge is -2.48. The summed E-state index contributed by atoms with van der Waals surface area (Å²) in [5.41, 5.74) is -2.28. The summed E-state index contributed by atoms with van der Waals surface area (Å²) in [6.07, 6.45) is 0.140. The fourth-order valence-corrected chi connectivity index (χ4v) is 4.58. The SMILES string of the molecule is Cc1c(C(=O)Nc2ccc(F)c(F)c2)c(Cl)c(C(=O)C(=O)NC2(C)CC(C)(F)C2)n1C. The average molecular weight is 456 g/mol. The van der Waals surface area contributed by atoms with E-state index >= 15 is 0 Å². The van der Waals surface area contributed by atoms with Crippen molar-refractivity contribution in [3.8, 4) is 0 Å². The van der Waals surface area contributed by atoms with Gasteiger partial charge in [0.1, 0.15) is 11.4 Å². The Labute approximate surface area is 181 Å². The Morgan fingerprint density at radius 3 is 2.29 bits per heavy atom. The predicted octanol–water partition coefficient (Wildman–Crippen LogP) is 4.10. The van der Waals surface area contributed by atoms with Crippen LogP contribution in [0.25, 0.3) is 0 Å². The van der Waals surface area contributed by atoms with Gasteiger partial charge in [0.25, 0.3) is 17.6 Å². The Morgan fingerprint density at radius 2 is 1.74 bits per heavy atom. The normalized spacial score (nSPS) is 22.6. The van der Waals surface area contributed by atoms with Crippen LogP contribution in [-0.4, -0.2) is 33.4 Å². The molecule has 1 aromatic heterocycles. The van der Waals surface area contributed by atoms with Crippen molar-refractivity contribution in [3.63, 3.8) is 0 Å². The van der Waals surface area contributed by atoms with E-state index in [2.05, 4.69) is 10.6 Å². The van der Waals surface area contributed by atoms with Crippen molar-refractivity contribution >= 4 is 34.9 Å². The van der Waals surface area contributed by atoms with E-state index in [-0.39, 0.29) is 40.5 Å². The minimum atomic E-state index is -1.41. The van der Waals surface area contributed by atoms with E-state index in [1.807, 2.05) is 0 Å². The number of Topliss-reactive ketones (excluding diaryl/α,β-unsaturated/α-hetero) is 1. The van der Waals surface area contributed by atoms with Crippen molar-refractivity contribution in [3.05, 3.63) is 51.8 Å². The van der Waals surface area contributed by atoms with Gasteiger partial charge in [0, 0.05) is 42.9 Å². The number of amides is 2. The summed E-state index contributed by atoms with van der Waals surface area (Å²) in [5, 5.41) is 4.66. The van der Waals surface area contributed by atoms with Gasteiger partial charge in [-0.05, 0) is 32.9 Å². The van der Waals surface area contributed by atoms with Gasteiger partial charge in [-0.25, -0.2) is 13.2 Å². The highest BCUT2D eigenvalue weighted by Crippen LogP contribution is 2.43. The van der Waals surface area contributed by atoms with Crippen LogP contribution in [-0.2, 0) is 11.8 Å². The van der Waals surface area contributed by atoms with Gasteiger partial charge in [-0.15, -0.1) is 0 Å². The number of rotatable bonds is 5. The summed E-state index contributed by atoms with van der Waals surface area (Å²) in [5.74, 6) is -4.92. The molecule has 1 aliphatic rings. The third kappa shape index (κ3) is 4.32. The number of hydrogen-bond acceptors (Lipinski definition) is 3. The third-order valence-corrected chi connectivity index (χ3v) is 5.75. The number of benzene rings is 1. The van der Waals surface area contributed by atoms with Crippen LogP contribution in [0.2, 0.25) is 5.02 Å². The van der Waals surface area contributed by atoms with Gasteiger partial charge in [-0.3, -0.25) is 14.4 Å². The number of carbonyl (C=O) groups excluding carboxylic acids is 3. The Bertz CT molecular complexity index is 1100. The smallest absolute Gasteiger partial charge is 0.294 e. The monoisotopic (exact) mass is 455 g/mol. The quantitative estimate of drug-likeness (QED) is 0.526. The molecule has 1 fully saturated rings. The highest BCUT2D eigenvalue weighted by Gasteiger charge is 2.51. The molecular weight excluding hydrogens is 435 g/mol. The molecule has 166 valence electrons. The molecule has 2 N–H and O–H groups in total. The molecule has 0 spiro atoms. The maximum absolute atomic E-state index is 13.8. The van der Waals surface area contributed by atoms with Crippen LogP contribution in [0.5, 0.6) is 0 Å². The number of nitrogens with one attached hydrogen (secondary N) is 2. The van der Waals surface area contributed by atoms with Crippen LogP contribution in [0.4, 0.5) is 18.9 Å². The topological polar surface area (TPSA) is 80.2 Å². The number of halogens is 4. The maximum atomic E-state index is 13.8. The van der Waals surface area contributed by atoms with Crippen molar-refractivity contribution in [1.29, 1.82) is 0 Å². The molecule has 1 saturated carbocycles. The van der Waals surface area contributed by atoms with Gasteiger partial charge in [-0.1, -0.05) is 11.6 Å². The van der Waals surface area contributed by atoms with E-state index in [1.165, 1.54) is 31.5 Å². The van der Waals surface area contributed by atoms with Crippen molar-refractivity contribution < 1.29 is 27.6 Å². The summed E-state index contributed by atoms with van der Waals surface area (Å²) in [4.78, 5) is 37.9. The van der Waals surface area contributed by atoms with Gasteiger partial charge in [0.15, 0.2) is 11.6 Å². The molecule has 1 aliphatic carbocycles. The number of ketones is 1. The molecule has 1 heterocycles. The second kappa shape index (κ2) is 7.71. The molecule has 3 rings (SSSR count). The number of hydrogen-bond donors (Lipinski definition) is 2. The van der Waals surface area contributed by atoms with Crippen LogP contribution in [0.3, 0.4) is 0 Å². The lowest BCUT2D eigenvalue weighted by molar-refractivity contribution is -0.122. The van der Waals surface area contributed by atoms with Crippen molar-refractivity contribution in [1.82, 2.24) is 9.88 Å². The summed E-state index contributed by atoms with van der Waals surface area (Å²) in [7, 11) is 1.46. The van der Waals surface area contributed by atoms with Crippen LogP contribution in [0.15, 0.2) is 18.2 Å². The van der Waals surface area contributed by atoms with Gasteiger partial charge in [-0.2, -0.15) is 0 Å². The molecule has 0 atom stereocenters. The maximum Gasteiger partial charge on any atom is 0.294 e. The lowest BCUT2D eigenvalue weighted by Crippen LogP contribution is -2.61. The van der Waals surface area contributed by atoms with E-state index in [1.54, 1.807) is 6.92 Å². The van der Waals surface area contributed by atoms with Gasteiger partial charge < -0.3 is 15.2 Å². The standard InChI is InChI=1S/C21H21ClF3N3O3/c1-10-14(18(30)26-11-5-6-12(23)13(24)7-11)15(22)16(28(10)4)17(29)19(31)27-21(3)8-20(2,25)9-21/h5-7H,8-9H2,1-4H3,(H,26,30)(H,27,31). The first-order valence-corrected chi connectivity index (χ1v) is 9.79. The molecule has 2 aromatic rings. The lowest BCUT2D eigenvalue weighted by atomic mass is 9.68. The Hall–Kier alpha value is -2.81. The van der Waals surface area contributed by atoms with Gasteiger partial charge in [0.2, 0.25) is 0 Å². The highest BCUT2D eigenvalue weighted by molar-refractivity contribution is 6.48. The highest BCUT2D eigenvalue weighted by atomic mass is 35.5. The van der Waals surface area contributed by atoms with Crippen LogP contribution in [0, 0.1) is 18.6 Å². The zero-order chi connectivity index (χ0) is 23.3. The molecule has 0 aliphatic heterocycles. The first-order chi connectivity index (χ1) is 14.2. The van der Waals surface area contributed by atoms with Crippen molar-refractivity contribution in [2.75, 3.05) is 5.32 Å². The average Bonchev–Trinajstić information content (AvgIpc) is 2.84. The van der Waals surface area contributed by atoms with Crippen LogP contribution < -0.4 is 10.6 Å². The Kier molecular flexibility index (Phi) is 5.69. The first kappa shape index (κ1) is 22.9. The minimum Gasteiger partial charge on any atom is -0.344 e. The number of alkyl halides is 1. The number of nitrogens with zero attached hydrogens (tertiary/aromatic N) is 1. The van der Waals surface area contributed by atoms with Crippen LogP contribution >= 0.6 is 11.6 Å². The molecule has 0 bridgehead atoms. The fraction of sp³-hybridized carbons (Fsp3) is 0.381. The largest absolute Gasteiger partial charge is 0.344 e. The van der Waals surface area contributed by atoms with E-state index in [4.69, 9.17) is 11.6 Å². The molecule has 0 saturated heterocycles.